The molecule has 27 heavy (non-hydrogen) atoms. The van der Waals surface area contributed by atoms with Crippen LogP contribution in [0.2, 0.25) is 0 Å². The topological polar surface area (TPSA) is 86.5 Å². The van der Waals surface area contributed by atoms with Gasteiger partial charge in [-0.05, 0) is 38.1 Å². The molecule has 1 N–H and O–H groups in total. The Bertz CT molecular complexity index is 1320. The van der Waals surface area contributed by atoms with Crippen molar-refractivity contribution in [2.75, 3.05) is 0 Å². The highest BCUT2D eigenvalue weighted by atomic mass is 16.3. The van der Waals surface area contributed by atoms with E-state index in [9.17, 15) is 14.7 Å². The number of imidazole rings is 2. The van der Waals surface area contributed by atoms with E-state index >= 15 is 0 Å². The molecule has 1 aromatic carbocycles. The highest BCUT2D eigenvalue weighted by molar-refractivity contribution is 5.76. The summed E-state index contributed by atoms with van der Waals surface area (Å²) >= 11 is 0. The molecule has 3 heterocycles. The largest absolute Gasteiger partial charge is 0.508 e. The fourth-order valence-corrected chi connectivity index (χ4v) is 3.30. The van der Waals surface area contributed by atoms with Crippen molar-refractivity contribution in [2.45, 2.75) is 20.4 Å². The Morgan fingerprint density at radius 3 is 2.56 bits per heavy atom. The van der Waals surface area contributed by atoms with Crippen molar-refractivity contribution in [1.29, 1.82) is 0 Å². The summed E-state index contributed by atoms with van der Waals surface area (Å²) in [5, 5.41) is 9.54. The van der Waals surface area contributed by atoms with Gasteiger partial charge in [-0.25, -0.2) is 4.79 Å². The molecule has 0 bridgehead atoms. The van der Waals surface area contributed by atoms with E-state index in [0.29, 0.717) is 16.9 Å². The molecule has 0 aliphatic carbocycles. The van der Waals surface area contributed by atoms with E-state index in [2.05, 4.69) is 4.98 Å². The van der Waals surface area contributed by atoms with Gasteiger partial charge < -0.3 is 5.11 Å². The molecule has 8 heteroatoms. The summed E-state index contributed by atoms with van der Waals surface area (Å²) in [5.74, 6) is 0.700. The Morgan fingerprint density at radius 2 is 1.89 bits per heavy atom. The molecule has 0 amide bonds. The molecular weight excluding hydrogens is 346 g/mol. The Labute approximate surface area is 153 Å². The minimum absolute atomic E-state index is 0.169. The number of aromatic nitrogens is 5. The quantitative estimate of drug-likeness (QED) is 0.560. The molecule has 4 rings (SSSR count). The first-order valence-corrected chi connectivity index (χ1v) is 8.54. The zero-order valence-corrected chi connectivity index (χ0v) is 15.2. The first-order chi connectivity index (χ1) is 12.9. The lowest BCUT2D eigenvalue weighted by atomic mass is 10.3. The molecule has 3 aromatic heterocycles. The second-order valence-electron chi connectivity index (χ2n) is 6.40. The van der Waals surface area contributed by atoms with Gasteiger partial charge in [-0.3, -0.25) is 22.9 Å². The fourth-order valence-electron chi connectivity index (χ4n) is 3.30. The Balaban J connectivity index is 2.10. The average molecular weight is 365 g/mol. The summed E-state index contributed by atoms with van der Waals surface area (Å²) in [5.41, 5.74) is 1.59. The van der Waals surface area contributed by atoms with E-state index < -0.39 is 5.69 Å². The van der Waals surface area contributed by atoms with Crippen molar-refractivity contribution in [3.63, 3.8) is 0 Å². The number of benzene rings is 1. The van der Waals surface area contributed by atoms with Crippen molar-refractivity contribution in [3.05, 3.63) is 69.1 Å². The van der Waals surface area contributed by atoms with Crippen LogP contribution in [0, 0.1) is 6.92 Å². The predicted octanol–water partition coefficient (Wildman–Crippen LogP) is 1.73. The number of aromatic hydroxyl groups is 1. The zero-order chi connectivity index (χ0) is 19.3. The molecule has 0 spiro atoms. The highest BCUT2D eigenvalue weighted by Crippen LogP contribution is 2.22. The van der Waals surface area contributed by atoms with E-state index in [4.69, 9.17) is 0 Å². The van der Waals surface area contributed by atoms with Crippen LogP contribution in [-0.2, 0) is 13.6 Å². The third-order valence-corrected chi connectivity index (χ3v) is 4.66. The van der Waals surface area contributed by atoms with E-state index in [0.717, 1.165) is 11.4 Å². The number of aryl methyl sites for hydroxylation is 2. The van der Waals surface area contributed by atoms with E-state index in [1.807, 2.05) is 24.6 Å². The smallest absolute Gasteiger partial charge is 0.332 e. The normalized spacial score (nSPS) is 12.0. The maximum Gasteiger partial charge on any atom is 0.332 e. The molecule has 0 aliphatic rings. The average Bonchev–Trinajstić information content (AvgIpc) is 3.15. The van der Waals surface area contributed by atoms with Gasteiger partial charge in [-0.1, -0.05) is 12.2 Å². The van der Waals surface area contributed by atoms with Crippen LogP contribution in [0.3, 0.4) is 0 Å². The van der Waals surface area contributed by atoms with Crippen LogP contribution in [0.4, 0.5) is 0 Å². The first-order valence-electron chi connectivity index (χ1n) is 8.54. The van der Waals surface area contributed by atoms with E-state index in [1.165, 1.54) is 9.13 Å². The second kappa shape index (κ2) is 6.01. The molecule has 4 aromatic rings. The Hall–Kier alpha value is -3.55. The number of nitrogens with zero attached hydrogens (tertiary/aromatic N) is 5. The lowest BCUT2D eigenvalue weighted by molar-refractivity contribution is 0.475. The Kier molecular flexibility index (Phi) is 3.76. The van der Waals surface area contributed by atoms with Crippen LogP contribution >= 0.6 is 0 Å². The number of hydrogen-bond acceptors (Lipinski definition) is 4. The lowest BCUT2D eigenvalue weighted by Gasteiger charge is -2.06. The van der Waals surface area contributed by atoms with Gasteiger partial charge in [0.15, 0.2) is 11.2 Å². The van der Waals surface area contributed by atoms with E-state index in [1.54, 1.807) is 47.9 Å². The predicted molar refractivity (Wildman–Crippen MR) is 103 cm³/mol. The molecule has 0 fully saturated rings. The van der Waals surface area contributed by atoms with Gasteiger partial charge in [-0.2, -0.15) is 4.98 Å². The third kappa shape index (κ3) is 2.41. The van der Waals surface area contributed by atoms with Crippen molar-refractivity contribution in [2.24, 2.45) is 7.05 Å². The number of rotatable bonds is 3. The third-order valence-electron chi connectivity index (χ3n) is 4.66. The number of phenolic OH excluding ortho intramolecular Hbond substituents is 1. The van der Waals surface area contributed by atoms with Gasteiger partial charge in [0.05, 0.1) is 0 Å². The highest BCUT2D eigenvalue weighted by Gasteiger charge is 2.20. The lowest BCUT2D eigenvalue weighted by Crippen LogP contribution is -2.39. The number of phenols is 1. The molecule has 8 nitrogen and oxygen atoms in total. The summed E-state index contributed by atoms with van der Waals surface area (Å²) in [6, 6.07) is 6.72. The van der Waals surface area contributed by atoms with Crippen molar-refractivity contribution in [3.8, 4) is 11.4 Å². The molecule has 0 aliphatic heterocycles. The standard InChI is InChI=1S/C19H19N5O3/c1-4-5-10-22-17(26)15-16(21(3)19(22)27)20-18-23(15)11-12(2)24(18)13-6-8-14(25)9-7-13/h4-9,11,25H,10H2,1-3H3. The zero-order valence-electron chi connectivity index (χ0n) is 15.2. The van der Waals surface area contributed by atoms with Gasteiger partial charge in [0.1, 0.15) is 5.75 Å². The summed E-state index contributed by atoms with van der Waals surface area (Å²) in [7, 11) is 1.61. The maximum absolute atomic E-state index is 13.0. The summed E-state index contributed by atoms with van der Waals surface area (Å²) in [4.78, 5) is 30.1. The Morgan fingerprint density at radius 1 is 1.19 bits per heavy atom. The number of allylic oxidation sites excluding steroid dienone is 2. The molecule has 0 saturated heterocycles. The number of hydrogen-bond donors (Lipinski definition) is 1. The van der Waals surface area contributed by atoms with Crippen LogP contribution < -0.4 is 11.2 Å². The molecule has 0 atom stereocenters. The number of fused-ring (bicyclic) bond motifs is 3. The van der Waals surface area contributed by atoms with Gasteiger partial charge in [-0.15, -0.1) is 0 Å². The van der Waals surface area contributed by atoms with Crippen LogP contribution in [0.5, 0.6) is 5.75 Å². The summed E-state index contributed by atoms with van der Waals surface area (Å²) in [6.07, 6.45) is 5.39. The molecule has 0 saturated carbocycles. The molecular formula is C19H19N5O3. The van der Waals surface area contributed by atoms with Crippen LogP contribution in [0.25, 0.3) is 22.6 Å². The molecule has 138 valence electrons. The van der Waals surface area contributed by atoms with Crippen LogP contribution in [0.1, 0.15) is 12.6 Å². The van der Waals surface area contributed by atoms with Crippen molar-refractivity contribution < 1.29 is 5.11 Å². The van der Waals surface area contributed by atoms with Crippen molar-refractivity contribution in [1.82, 2.24) is 23.1 Å². The SMILES string of the molecule is CC=CCn1c(=O)c2c(nc3n(-c4ccc(O)cc4)c(C)cn23)n(C)c1=O. The molecule has 0 radical (unpaired) electrons. The summed E-state index contributed by atoms with van der Waals surface area (Å²) in [6.45, 7) is 3.96. The second-order valence-corrected chi connectivity index (χ2v) is 6.40. The first kappa shape index (κ1) is 16.9. The van der Waals surface area contributed by atoms with Crippen LogP contribution in [-0.4, -0.2) is 28.2 Å². The van der Waals surface area contributed by atoms with Crippen molar-refractivity contribution >= 4 is 16.9 Å². The molecule has 0 unspecified atom stereocenters. The minimum atomic E-state index is -0.403. The minimum Gasteiger partial charge on any atom is -0.508 e. The van der Waals surface area contributed by atoms with Crippen LogP contribution in [0.15, 0.2) is 52.2 Å². The van der Waals surface area contributed by atoms with E-state index in [-0.39, 0.29) is 17.9 Å². The fraction of sp³-hybridized carbons (Fsp3) is 0.211. The van der Waals surface area contributed by atoms with Gasteiger partial charge in [0.2, 0.25) is 5.78 Å². The monoisotopic (exact) mass is 365 g/mol. The maximum atomic E-state index is 13.0. The van der Waals surface area contributed by atoms with Gasteiger partial charge >= 0.3 is 5.69 Å². The summed E-state index contributed by atoms with van der Waals surface area (Å²) < 4.78 is 6.18. The van der Waals surface area contributed by atoms with Gasteiger partial charge in [0, 0.05) is 31.2 Å². The van der Waals surface area contributed by atoms with Gasteiger partial charge in [0.25, 0.3) is 5.56 Å².